The van der Waals surface area contributed by atoms with E-state index < -0.39 is 22.8 Å². The predicted molar refractivity (Wildman–Crippen MR) is 100 cm³/mol. The van der Waals surface area contributed by atoms with E-state index in [1.165, 1.54) is 17.0 Å². The first kappa shape index (κ1) is 17.0. The maximum atomic E-state index is 14.9. The van der Waals surface area contributed by atoms with Crippen molar-refractivity contribution in [2.75, 3.05) is 5.32 Å². The highest BCUT2D eigenvalue weighted by Gasteiger charge is 2.24. The van der Waals surface area contributed by atoms with E-state index in [1.807, 2.05) is 12.1 Å². The Hall–Kier alpha value is -3.48. The van der Waals surface area contributed by atoms with Crippen molar-refractivity contribution in [3.05, 3.63) is 76.1 Å². The van der Waals surface area contributed by atoms with Gasteiger partial charge in [-0.25, -0.2) is 9.18 Å². The van der Waals surface area contributed by atoms with E-state index in [-0.39, 0.29) is 11.4 Å². The van der Waals surface area contributed by atoms with Gasteiger partial charge in [-0.1, -0.05) is 6.58 Å². The molecule has 1 aliphatic rings. The lowest BCUT2D eigenvalue weighted by molar-refractivity contribution is 0.0695. The number of aromatic carboxylic acids is 1. The van der Waals surface area contributed by atoms with Gasteiger partial charge in [-0.3, -0.25) is 9.78 Å². The van der Waals surface area contributed by atoms with Crippen LogP contribution in [0.25, 0.3) is 17.1 Å². The molecular weight excluding hydrogens is 349 g/mol. The van der Waals surface area contributed by atoms with Crippen LogP contribution in [0.3, 0.4) is 0 Å². The van der Waals surface area contributed by atoms with E-state index in [1.54, 1.807) is 12.3 Å². The summed E-state index contributed by atoms with van der Waals surface area (Å²) in [4.78, 5) is 28.0. The number of pyridine rings is 2. The fraction of sp³-hybridized carbons (Fsp3) is 0.150. The molecule has 6 nitrogen and oxygen atoms in total. The molecule has 0 radical (unpaired) electrons. The minimum absolute atomic E-state index is 0.00827. The average molecular weight is 365 g/mol. The number of hydrogen-bond donors (Lipinski definition) is 2. The third-order valence-electron chi connectivity index (χ3n) is 4.84. The molecule has 0 bridgehead atoms. The van der Waals surface area contributed by atoms with E-state index in [0.717, 1.165) is 17.4 Å². The van der Waals surface area contributed by atoms with Crippen molar-refractivity contribution in [2.45, 2.75) is 18.9 Å². The number of nitrogens with zero attached hydrogens (tertiary/aromatic N) is 2. The second kappa shape index (κ2) is 6.35. The highest BCUT2D eigenvalue weighted by molar-refractivity contribution is 5.93. The fourth-order valence-corrected chi connectivity index (χ4v) is 3.50. The summed E-state index contributed by atoms with van der Waals surface area (Å²) in [5.41, 5.74) is 1.47. The van der Waals surface area contributed by atoms with E-state index in [9.17, 15) is 19.1 Å². The number of hydrogen-bond acceptors (Lipinski definition) is 4. The maximum absolute atomic E-state index is 14.9. The molecule has 1 aliphatic heterocycles. The third-order valence-corrected chi connectivity index (χ3v) is 4.84. The zero-order chi connectivity index (χ0) is 19.1. The van der Waals surface area contributed by atoms with Crippen molar-refractivity contribution in [1.29, 1.82) is 0 Å². The smallest absolute Gasteiger partial charge is 0.341 e. The quantitative estimate of drug-likeness (QED) is 0.743. The first-order valence-electron chi connectivity index (χ1n) is 8.44. The monoisotopic (exact) mass is 365 g/mol. The second-order valence-electron chi connectivity index (χ2n) is 6.39. The molecule has 0 aliphatic carbocycles. The van der Waals surface area contributed by atoms with Gasteiger partial charge in [0.2, 0.25) is 5.43 Å². The molecule has 7 heteroatoms. The first-order chi connectivity index (χ1) is 13.0. The van der Waals surface area contributed by atoms with Crippen molar-refractivity contribution in [3.63, 3.8) is 0 Å². The predicted octanol–water partition coefficient (Wildman–Crippen LogP) is 3.43. The number of carbonyl (C=O) groups is 1. The van der Waals surface area contributed by atoms with Gasteiger partial charge in [-0.15, -0.1) is 0 Å². The molecule has 0 spiro atoms. The summed E-state index contributed by atoms with van der Waals surface area (Å²) in [7, 11) is 0. The Kier molecular flexibility index (Phi) is 3.99. The van der Waals surface area contributed by atoms with E-state index in [0.29, 0.717) is 23.9 Å². The van der Waals surface area contributed by atoms with Gasteiger partial charge in [-0.2, -0.15) is 0 Å². The van der Waals surface area contributed by atoms with Crippen molar-refractivity contribution < 1.29 is 14.3 Å². The molecule has 0 amide bonds. The molecule has 0 saturated carbocycles. The summed E-state index contributed by atoms with van der Waals surface area (Å²) in [5, 5.41) is 12.5. The molecular formula is C20H16FN3O3. The number of carboxylic acids is 1. The third kappa shape index (κ3) is 2.77. The Bertz CT molecular complexity index is 1150. The van der Waals surface area contributed by atoms with Gasteiger partial charge in [-0.05, 0) is 37.1 Å². The van der Waals surface area contributed by atoms with E-state index in [4.69, 9.17) is 0 Å². The van der Waals surface area contributed by atoms with Crippen molar-refractivity contribution in [1.82, 2.24) is 9.55 Å². The molecule has 2 aromatic heterocycles. The number of aryl methyl sites for hydroxylation is 1. The number of benzene rings is 1. The first-order valence-corrected chi connectivity index (χ1v) is 8.44. The summed E-state index contributed by atoms with van der Waals surface area (Å²) in [6, 6.07) is 6.12. The van der Waals surface area contributed by atoms with Crippen LogP contribution in [0.4, 0.5) is 10.1 Å². The van der Waals surface area contributed by atoms with Gasteiger partial charge in [0.1, 0.15) is 11.4 Å². The van der Waals surface area contributed by atoms with Crippen LogP contribution < -0.4 is 10.7 Å². The van der Waals surface area contributed by atoms with Crippen LogP contribution in [0.15, 0.2) is 48.0 Å². The Labute approximate surface area is 153 Å². The summed E-state index contributed by atoms with van der Waals surface area (Å²) >= 11 is 0. The van der Waals surface area contributed by atoms with Gasteiger partial charge >= 0.3 is 5.97 Å². The standard InChI is InChI=1S/C20H16FN3O3/c1-2-24-10-13(20(26)27)19(25)12-8-14(21)11(9-18(12)24)15-5-6-16-17(23-15)4-3-7-22-16/h2-4,7-10,15,23H,1,5-6H2,(H,26,27). The molecule has 3 aromatic rings. The average Bonchev–Trinajstić information content (AvgIpc) is 2.67. The second-order valence-corrected chi connectivity index (χ2v) is 6.39. The van der Waals surface area contributed by atoms with Crippen LogP contribution in [0.1, 0.15) is 34.1 Å². The molecule has 4 rings (SSSR count). The molecule has 2 N–H and O–H groups in total. The summed E-state index contributed by atoms with van der Waals surface area (Å²) in [6.07, 6.45) is 5.67. The number of nitrogens with one attached hydrogen (secondary N) is 1. The minimum atomic E-state index is -1.36. The number of aromatic nitrogens is 2. The lowest BCUT2D eigenvalue weighted by Crippen LogP contribution is -2.21. The SMILES string of the molecule is C=Cn1cc(C(=O)O)c(=O)c2cc(F)c(C3CCc4ncccc4N3)cc21. The van der Waals surface area contributed by atoms with Gasteiger partial charge in [0.05, 0.1) is 22.9 Å². The lowest BCUT2D eigenvalue weighted by atomic mass is 9.94. The topological polar surface area (TPSA) is 84.2 Å². The fourth-order valence-electron chi connectivity index (χ4n) is 3.50. The lowest BCUT2D eigenvalue weighted by Gasteiger charge is -2.27. The highest BCUT2D eigenvalue weighted by atomic mass is 19.1. The summed E-state index contributed by atoms with van der Waals surface area (Å²) < 4.78 is 16.3. The van der Waals surface area contributed by atoms with Crippen molar-refractivity contribution in [2.24, 2.45) is 0 Å². The van der Waals surface area contributed by atoms with Gasteiger partial charge in [0.25, 0.3) is 0 Å². The van der Waals surface area contributed by atoms with Gasteiger partial charge < -0.3 is 15.0 Å². The maximum Gasteiger partial charge on any atom is 0.341 e. The summed E-state index contributed by atoms with van der Waals surface area (Å²) in [5.74, 6) is -1.91. The van der Waals surface area contributed by atoms with Crippen LogP contribution >= 0.6 is 0 Å². The van der Waals surface area contributed by atoms with E-state index >= 15 is 0 Å². The normalized spacial score (nSPS) is 15.8. The number of halogens is 1. The Morgan fingerprint density at radius 1 is 1.44 bits per heavy atom. The number of fused-ring (bicyclic) bond motifs is 2. The Morgan fingerprint density at radius 2 is 2.26 bits per heavy atom. The molecule has 3 heterocycles. The van der Waals surface area contributed by atoms with Crippen LogP contribution in [0, 0.1) is 5.82 Å². The highest BCUT2D eigenvalue weighted by Crippen LogP contribution is 2.33. The Balaban J connectivity index is 1.88. The molecule has 0 fully saturated rings. The van der Waals surface area contributed by atoms with Crippen LogP contribution in [0.5, 0.6) is 0 Å². The minimum Gasteiger partial charge on any atom is -0.477 e. The van der Waals surface area contributed by atoms with Crippen LogP contribution in [0.2, 0.25) is 0 Å². The largest absolute Gasteiger partial charge is 0.477 e. The van der Waals surface area contributed by atoms with Gasteiger partial charge in [0.15, 0.2) is 0 Å². The molecule has 0 saturated heterocycles. The van der Waals surface area contributed by atoms with Gasteiger partial charge in [0, 0.05) is 29.5 Å². The molecule has 1 aromatic carbocycles. The summed E-state index contributed by atoms with van der Waals surface area (Å²) in [6.45, 7) is 3.66. The Morgan fingerprint density at radius 3 is 3.00 bits per heavy atom. The zero-order valence-electron chi connectivity index (χ0n) is 14.3. The molecule has 27 heavy (non-hydrogen) atoms. The van der Waals surface area contributed by atoms with Crippen LogP contribution in [-0.4, -0.2) is 20.6 Å². The van der Waals surface area contributed by atoms with Crippen LogP contribution in [-0.2, 0) is 6.42 Å². The zero-order valence-corrected chi connectivity index (χ0v) is 14.3. The van der Waals surface area contributed by atoms with Crippen molar-refractivity contribution in [3.8, 4) is 0 Å². The number of carboxylic acid groups (broad SMARTS) is 1. The number of anilines is 1. The molecule has 1 unspecified atom stereocenters. The molecule has 1 atom stereocenters. The number of rotatable bonds is 3. The molecule has 136 valence electrons. The van der Waals surface area contributed by atoms with E-state index in [2.05, 4.69) is 16.9 Å². The van der Waals surface area contributed by atoms with Crippen molar-refractivity contribution >= 4 is 28.8 Å².